The van der Waals surface area contributed by atoms with Crippen molar-refractivity contribution in [2.75, 3.05) is 43.4 Å². The molecule has 0 N–H and O–H groups in total. The lowest BCUT2D eigenvalue weighted by Gasteiger charge is -2.36. The van der Waals surface area contributed by atoms with E-state index in [0.717, 1.165) is 42.5 Å². The van der Waals surface area contributed by atoms with E-state index in [-0.39, 0.29) is 17.8 Å². The summed E-state index contributed by atoms with van der Waals surface area (Å²) in [7, 11) is 0. The summed E-state index contributed by atoms with van der Waals surface area (Å²) >= 11 is 1.50. The van der Waals surface area contributed by atoms with Gasteiger partial charge in [-0.3, -0.25) is 4.79 Å². The molecule has 1 atom stereocenters. The lowest BCUT2D eigenvalue weighted by Crippen LogP contribution is -2.49. The summed E-state index contributed by atoms with van der Waals surface area (Å²) in [6.45, 7) is 8.21. The number of rotatable bonds is 6. The second-order valence-corrected chi connectivity index (χ2v) is 8.86. The van der Waals surface area contributed by atoms with Crippen LogP contribution in [0.15, 0.2) is 29.4 Å². The van der Waals surface area contributed by atoms with Gasteiger partial charge in [-0.05, 0) is 38.8 Å². The summed E-state index contributed by atoms with van der Waals surface area (Å²) in [6, 6.07) is 6.81. The van der Waals surface area contributed by atoms with Gasteiger partial charge in [-0.1, -0.05) is 23.9 Å². The Morgan fingerprint density at radius 2 is 2.00 bits per heavy atom. The number of hydrogen-bond acceptors (Lipinski definition) is 5. The highest BCUT2D eigenvalue weighted by molar-refractivity contribution is 7.99. The average Bonchev–Trinajstić information content (AvgIpc) is 3.36. The Morgan fingerprint density at radius 3 is 2.70 bits per heavy atom. The van der Waals surface area contributed by atoms with Gasteiger partial charge < -0.3 is 19.1 Å². The van der Waals surface area contributed by atoms with E-state index in [1.807, 2.05) is 22.8 Å². The molecule has 2 aliphatic rings. The molecular weight excluding hydrogens is 403 g/mol. The SMILES string of the molecule is Cc1nc(SCC(=O)N2CCN(c3ccccc3F)CC2)n(C[C@H]2CCCO2)c1C. The second-order valence-electron chi connectivity index (χ2n) is 7.92. The molecule has 0 aliphatic carbocycles. The average molecular weight is 433 g/mol. The van der Waals surface area contributed by atoms with Crippen LogP contribution in [0, 0.1) is 19.7 Å². The molecular formula is C22H29FN4O2S. The first-order valence-electron chi connectivity index (χ1n) is 10.6. The molecule has 0 radical (unpaired) electrons. The van der Waals surface area contributed by atoms with Gasteiger partial charge in [0.05, 0.1) is 29.8 Å². The molecule has 4 rings (SSSR count). The van der Waals surface area contributed by atoms with Crippen molar-refractivity contribution in [3.63, 3.8) is 0 Å². The molecule has 0 saturated carbocycles. The fourth-order valence-electron chi connectivity index (χ4n) is 4.06. The smallest absolute Gasteiger partial charge is 0.233 e. The number of carbonyl (C=O) groups is 1. The number of piperazine rings is 1. The van der Waals surface area contributed by atoms with Crippen LogP contribution in [-0.4, -0.2) is 65.0 Å². The summed E-state index contributed by atoms with van der Waals surface area (Å²) < 4.78 is 22.0. The molecule has 1 amide bonds. The number of halogens is 1. The van der Waals surface area contributed by atoms with Crippen LogP contribution in [-0.2, 0) is 16.1 Å². The number of aryl methyl sites for hydroxylation is 1. The number of anilines is 1. The number of ether oxygens (including phenoxy) is 1. The van der Waals surface area contributed by atoms with E-state index < -0.39 is 0 Å². The van der Waals surface area contributed by atoms with Gasteiger partial charge >= 0.3 is 0 Å². The van der Waals surface area contributed by atoms with Crippen LogP contribution < -0.4 is 4.90 Å². The van der Waals surface area contributed by atoms with E-state index in [4.69, 9.17) is 4.74 Å². The van der Waals surface area contributed by atoms with Crippen molar-refractivity contribution in [2.24, 2.45) is 0 Å². The number of para-hydroxylation sites is 1. The number of amides is 1. The van der Waals surface area contributed by atoms with Crippen LogP contribution in [0.5, 0.6) is 0 Å². The van der Waals surface area contributed by atoms with Crippen molar-refractivity contribution in [3.8, 4) is 0 Å². The number of benzene rings is 1. The van der Waals surface area contributed by atoms with Crippen molar-refractivity contribution >= 4 is 23.4 Å². The van der Waals surface area contributed by atoms with Crippen LogP contribution >= 0.6 is 11.8 Å². The highest BCUT2D eigenvalue weighted by atomic mass is 32.2. The molecule has 30 heavy (non-hydrogen) atoms. The lowest BCUT2D eigenvalue weighted by atomic mass is 10.2. The number of nitrogens with zero attached hydrogens (tertiary/aromatic N) is 4. The molecule has 3 heterocycles. The van der Waals surface area contributed by atoms with Crippen LogP contribution in [0.4, 0.5) is 10.1 Å². The Labute approximate surface area is 181 Å². The quantitative estimate of drug-likeness (QED) is 0.656. The van der Waals surface area contributed by atoms with E-state index >= 15 is 0 Å². The zero-order valence-corrected chi connectivity index (χ0v) is 18.5. The summed E-state index contributed by atoms with van der Waals surface area (Å²) in [6.07, 6.45) is 2.42. The predicted molar refractivity (Wildman–Crippen MR) is 117 cm³/mol. The van der Waals surface area contributed by atoms with Crippen molar-refractivity contribution < 1.29 is 13.9 Å². The van der Waals surface area contributed by atoms with E-state index in [1.165, 1.54) is 17.8 Å². The van der Waals surface area contributed by atoms with Gasteiger partial charge in [-0.15, -0.1) is 0 Å². The largest absolute Gasteiger partial charge is 0.376 e. The molecule has 0 spiro atoms. The normalized spacial score (nSPS) is 19.5. The van der Waals surface area contributed by atoms with Gasteiger partial charge in [-0.25, -0.2) is 9.37 Å². The Hall–Kier alpha value is -2.06. The number of imidazole rings is 1. The predicted octanol–water partition coefficient (Wildman–Crippen LogP) is 3.26. The van der Waals surface area contributed by atoms with Crippen LogP contribution in [0.2, 0.25) is 0 Å². The van der Waals surface area contributed by atoms with E-state index in [0.29, 0.717) is 37.6 Å². The van der Waals surface area contributed by atoms with Gasteiger partial charge in [0.1, 0.15) is 5.82 Å². The Bertz CT molecular complexity index is 889. The molecule has 1 aromatic carbocycles. The Morgan fingerprint density at radius 1 is 1.23 bits per heavy atom. The zero-order valence-electron chi connectivity index (χ0n) is 17.6. The maximum atomic E-state index is 14.0. The van der Waals surface area contributed by atoms with Crippen molar-refractivity contribution in [1.29, 1.82) is 0 Å². The highest BCUT2D eigenvalue weighted by Gasteiger charge is 2.24. The van der Waals surface area contributed by atoms with E-state index in [1.54, 1.807) is 12.1 Å². The maximum Gasteiger partial charge on any atom is 0.233 e. The van der Waals surface area contributed by atoms with Crippen LogP contribution in [0.1, 0.15) is 24.2 Å². The first kappa shape index (κ1) is 21.2. The van der Waals surface area contributed by atoms with Gasteiger partial charge in [-0.2, -0.15) is 0 Å². The summed E-state index contributed by atoms with van der Waals surface area (Å²) in [5.74, 6) is 0.257. The molecule has 2 aliphatic heterocycles. The number of hydrogen-bond donors (Lipinski definition) is 0. The molecule has 2 aromatic rings. The standard InChI is InChI=1S/C22H29FN4O2S/c1-16-17(2)27(14-18-6-5-13-29-18)22(24-16)30-15-21(28)26-11-9-25(10-12-26)20-8-4-3-7-19(20)23/h3-4,7-8,18H,5-6,9-15H2,1-2H3/t18-/m1/s1. The van der Waals surface area contributed by atoms with Gasteiger partial charge in [0.25, 0.3) is 0 Å². The molecule has 2 fully saturated rings. The topological polar surface area (TPSA) is 50.6 Å². The molecule has 1 aromatic heterocycles. The lowest BCUT2D eigenvalue weighted by molar-refractivity contribution is -0.128. The van der Waals surface area contributed by atoms with Gasteiger partial charge in [0.15, 0.2) is 5.16 Å². The van der Waals surface area contributed by atoms with Crippen molar-refractivity contribution in [2.45, 2.75) is 44.5 Å². The minimum Gasteiger partial charge on any atom is -0.376 e. The molecule has 2 saturated heterocycles. The summed E-state index contributed by atoms with van der Waals surface area (Å²) in [4.78, 5) is 21.3. The summed E-state index contributed by atoms with van der Waals surface area (Å²) in [5.41, 5.74) is 2.75. The Kier molecular flexibility index (Phi) is 6.63. The molecule has 0 unspecified atom stereocenters. The first-order valence-corrected chi connectivity index (χ1v) is 11.6. The Balaban J connectivity index is 1.32. The fraction of sp³-hybridized carbons (Fsp3) is 0.545. The highest BCUT2D eigenvalue weighted by Crippen LogP contribution is 2.25. The molecule has 8 heteroatoms. The van der Waals surface area contributed by atoms with E-state index in [9.17, 15) is 9.18 Å². The monoisotopic (exact) mass is 432 g/mol. The molecule has 162 valence electrons. The van der Waals surface area contributed by atoms with Crippen molar-refractivity contribution in [3.05, 3.63) is 41.5 Å². The minimum atomic E-state index is -0.211. The number of carbonyl (C=O) groups excluding carboxylic acids is 1. The van der Waals surface area contributed by atoms with Crippen molar-refractivity contribution in [1.82, 2.24) is 14.5 Å². The third-order valence-electron chi connectivity index (χ3n) is 5.98. The van der Waals surface area contributed by atoms with Crippen LogP contribution in [0.25, 0.3) is 0 Å². The zero-order chi connectivity index (χ0) is 21.1. The maximum absolute atomic E-state index is 14.0. The van der Waals surface area contributed by atoms with Gasteiger partial charge in [0, 0.05) is 38.5 Å². The third-order valence-corrected chi connectivity index (χ3v) is 6.94. The fourth-order valence-corrected chi connectivity index (χ4v) is 5.07. The number of aromatic nitrogens is 2. The second kappa shape index (κ2) is 9.39. The molecule has 6 nitrogen and oxygen atoms in total. The first-order chi connectivity index (χ1) is 14.5. The number of thioether (sulfide) groups is 1. The third kappa shape index (κ3) is 4.64. The van der Waals surface area contributed by atoms with E-state index in [2.05, 4.69) is 16.5 Å². The van der Waals surface area contributed by atoms with Crippen LogP contribution in [0.3, 0.4) is 0 Å². The van der Waals surface area contributed by atoms with Gasteiger partial charge in [0.2, 0.25) is 5.91 Å². The minimum absolute atomic E-state index is 0.107. The summed E-state index contributed by atoms with van der Waals surface area (Å²) in [5, 5.41) is 0.888. The molecule has 0 bridgehead atoms.